The molecule has 0 amide bonds. The van der Waals surface area contributed by atoms with E-state index >= 15 is 0 Å². The second-order valence-electron chi connectivity index (χ2n) is 5.04. The van der Waals surface area contributed by atoms with E-state index in [2.05, 4.69) is 24.1 Å². The SMILES string of the molecule is CCc1nc(N(C)CCC(F)(F)F)sc1CNC(C)C. The quantitative estimate of drug-likeness (QED) is 0.834. The van der Waals surface area contributed by atoms with Gasteiger partial charge in [-0.3, -0.25) is 0 Å². The first kappa shape index (κ1) is 17.2. The van der Waals surface area contributed by atoms with Crippen LogP contribution in [0.4, 0.5) is 18.3 Å². The Kier molecular flexibility index (Phi) is 6.26. The van der Waals surface area contributed by atoms with Crippen LogP contribution < -0.4 is 10.2 Å². The molecule has 1 heterocycles. The van der Waals surface area contributed by atoms with E-state index in [0.29, 0.717) is 17.7 Å². The first-order valence-corrected chi connectivity index (χ1v) is 7.54. The van der Waals surface area contributed by atoms with Crippen molar-refractivity contribution in [2.24, 2.45) is 0 Å². The summed E-state index contributed by atoms with van der Waals surface area (Å²) in [4.78, 5) is 7.13. The minimum atomic E-state index is -4.12. The lowest BCUT2D eigenvalue weighted by Gasteiger charge is -2.16. The molecule has 7 heteroatoms. The van der Waals surface area contributed by atoms with Crippen LogP contribution in [-0.4, -0.2) is 30.8 Å². The van der Waals surface area contributed by atoms with Gasteiger partial charge < -0.3 is 10.2 Å². The predicted octanol–water partition coefficient (Wildman–Crippen LogP) is 3.59. The Hall–Kier alpha value is -0.820. The van der Waals surface area contributed by atoms with Crippen LogP contribution in [0.5, 0.6) is 0 Å². The fourth-order valence-corrected chi connectivity index (χ4v) is 2.72. The van der Waals surface area contributed by atoms with Gasteiger partial charge in [-0.15, -0.1) is 11.3 Å². The van der Waals surface area contributed by atoms with Gasteiger partial charge in [0.15, 0.2) is 5.13 Å². The maximum atomic E-state index is 12.2. The smallest absolute Gasteiger partial charge is 0.351 e. The molecule has 0 aliphatic rings. The van der Waals surface area contributed by atoms with E-state index in [0.717, 1.165) is 17.0 Å². The lowest BCUT2D eigenvalue weighted by atomic mass is 10.3. The molecule has 1 aromatic heterocycles. The Morgan fingerprint density at radius 3 is 2.50 bits per heavy atom. The van der Waals surface area contributed by atoms with E-state index in [-0.39, 0.29) is 6.54 Å². The summed E-state index contributed by atoms with van der Waals surface area (Å²) >= 11 is 1.47. The second-order valence-corrected chi connectivity index (χ2v) is 6.10. The molecule has 1 aromatic rings. The van der Waals surface area contributed by atoms with Crippen molar-refractivity contribution in [1.29, 1.82) is 0 Å². The Morgan fingerprint density at radius 2 is 2.00 bits per heavy atom. The maximum Gasteiger partial charge on any atom is 0.390 e. The van der Waals surface area contributed by atoms with Gasteiger partial charge in [0.1, 0.15) is 0 Å². The highest BCUT2D eigenvalue weighted by atomic mass is 32.1. The molecule has 1 rings (SSSR count). The van der Waals surface area contributed by atoms with Crippen molar-refractivity contribution >= 4 is 16.5 Å². The third-order valence-corrected chi connectivity index (χ3v) is 4.04. The number of rotatable bonds is 7. The number of nitrogens with one attached hydrogen (secondary N) is 1. The average molecular weight is 309 g/mol. The number of hydrogen-bond acceptors (Lipinski definition) is 4. The summed E-state index contributed by atoms with van der Waals surface area (Å²) in [7, 11) is 1.66. The standard InChI is InChI=1S/C13H22F3N3S/c1-5-10-11(8-17-9(2)3)20-12(18-10)19(4)7-6-13(14,15)16/h9,17H,5-8H2,1-4H3. The lowest BCUT2D eigenvalue weighted by Crippen LogP contribution is -2.23. The van der Waals surface area contributed by atoms with Crippen molar-refractivity contribution in [1.82, 2.24) is 10.3 Å². The van der Waals surface area contributed by atoms with Crippen LogP contribution in [0.3, 0.4) is 0 Å². The number of aromatic nitrogens is 1. The number of alkyl halides is 3. The Balaban J connectivity index is 2.70. The monoisotopic (exact) mass is 309 g/mol. The number of thiazole rings is 1. The minimum absolute atomic E-state index is 0.0583. The number of halogens is 3. The zero-order chi connectivity index (χ0) is 15.3. The molecule has 3 nitrogen and oxygen atoms in total. The molecule has 20 heavy (non-hydrogen) atoms. The van der Waals surface area contributed by atoms with Crippen molar-refractivity contribution < 1.29 is 13.2 Å². The molecule has 116 valence electrons. The molecule has 0 radical (unpaired) electrons. The van der Waals surface area contributed by atoms with Gasteiger partial charge in [0.25, 0.3) is 0 Å². The summed E-state index contributed by atoms with van der Waals surface area (Å²) in [5.74, 6) is 0. The van der Waals surface area contributed by atoms with Gasteiger partial charge in [0, 0.05) is 31.1 Å². The fraction of sp³-hybridized carbons (Fsp3) is 0.769. The van der Waals surface area contributed by atoms with Crippen LogP contribution in [0.25, 0.3) is 0 Å². The van der Waals surface area contributed by atoms with E-state index in [1.807, 2.05) is 6.92 Å². The third kappa shape index (κ3) is 5.66. The summed E-state index contributed by atoms with van der Waals surface area (Å²) in [6.07, 6.45) is -4.15. The average Bonchev–Trinajstić information content (AvgIpc) is 2.75. The molecule has 1 N–H and O–H groups in total. The Bertz CT molecular complexity index is 415. The molecular formula is C13H22F3N3S. The molecule has 0 bridgehead atoms. The van der Waals surface area contributed by atoms with Crippen molar-refractivity contribution in [3.05, 3.63) is 10.6 Å². The second kappa shape index (κ2) is 7.26. The molecule has 0 fully saturated rings. The van der Waals surface area contributed by atoms with Gasteiger partial charge in [-0.05, 0) is 6.42 Å². The summed E-state index contributed by atoms with van der Waals surface area (Å²) in [6.45, 7) is 6.78. The largest absolute Gasteiger partial charge is 0.390 e. The van der Waals surface area contributed by atoms with Gasteiger partial charge in [0.2, 0.25) is 0 Å². The van der Waals surface area contributed by atoms with Gasteiger partial charge in [-0.25, -0.2) is 4.98 Å². The van der Waals surface area contributed by atoms with Gasteiger partial charge in [0.05, 0.1) is 12.1 Å². The molecule has 0 spiro atoms. The molecule has 0 aliphatic heterocycles. The molecule has 0 saturated heterocycles. The number of aryl methyl sites for hydroxylation is 1. The summed E-state index contributed by atoms with van der Waals surface area (Å²) in [5.41, 5.74) is 0.969. The van der Waals surface area contributed by atoms with E-state index in [4.69, 9.17) is 0 Å². The highest BCUT2D eigenvalue weighted by molar-refractivity contribution is 7.15. The lowest BCUT2D eigenvalue weighted by molar-refractivity contribution is -0.132. The van der Waals surface area contributed by atoms with Crippen molar-refractivity contribution in [3.8, 4) is 0 Å². The molecular weight excluding hydrogens is 287 g/mol. The van der Waals surface area contributed by atoms with Crippen molar-refractivity contribution in [2.45, 2.75) is 52.4 Å². The normalized spacial score (nSPS) is 12.2. The Labute approximate surface area is 122 Å². The first-order valence-electron chi connectivity index (χ1n) is 6.72. The van der Waals surface area contributed by atoms with Crippen LogP contribution in [0.1, 0.15) is 37.8 Å². The van der Waals surface area contributed by atoms with Crippen LogP contribution in [0.2, 0.25) is 0 Å². The fourth-order valence-electron chi connectivity index (χ4n) is 1.63. The third-order valence-electron chi connectivity index (χ3n) is 2.83. The van der Waals surface area contributed by atoms with Gasteiger partial charge in [-0.2, -0.15) is 13.2 Å². The molecule has 0 atom stereocenters. The zero-order valence-electron chi connectivity index (χ0n) is 12.3. The zero-order valence-corrected chi connectivity index (χ0v) is 13.2. The highest BCUT2D eigenvalue weighted by Crippen LogP contribution is 2.28. The van der Waals surface area contributed by atoms with E-state index < -0.39 is 12.6 Å². The highest BCUT2D eigenvalue weighted by Gasteiger charge is 2.27. The number of anilines is 1. The molecule has 0 aromatic carbocycles. The van der Waals surface area contributed by atoms with Crippen molar-refractivity contribution in [3.63, 3.8) is 0 Å². The summed E-state index contributed by atoms with van der Waals surface area (Å²) in [5, 5.41) is 3.98. The van der Waals surface area contributed by atoms with E-state index in [1.165, 1.54) is 11.3 Å². The van der Waals surface area contributed by atoms with Gasteiger partial charge in [-0.1, -0.05) is 20.8 Å². The molecule has 0 unspecified atom stereocenters. The number of hydrogen-bond donors (Lipinski definition) is 1. The van der Waals surface area contributed by atoms with Crippen molar-refractivity contribution in [2.75, 3.05) is 18.5 Å². The van der Waals surface area contributed by atoms with Gasteiger partial charge >= 0.3 is 6.18 Å². The van der Waals surface area contributed by atoms with Crippen LogP contribution in [-0.2, 0) is 13.0 Å². The predicted molar refractivity (Wildman–Crippen MR) is 77.4 cm³/mol. The van der Waals surface area contributed by atoms with E-state index in [1.54, 1.807) is 11.9 Å². The van der Waals surface area contributed by atoms with E-state index in [9.17, 15) is 13.2 Å². The summed E-state index contributed by atoms with van der Waals surface area (Å²) in [6, 6.07) is 0.369. The van der Waals surface area contributed by atoms with Crippen LogP contribution >= 0.6 is 11.3 Å². The van der Waals surface area contributed by atoms with Crippen LogP contribution in [0, 0.1) is 0 Å². The molecule has 0 aliphatic carbocycles. The number of nitrogens with zero attached hydrogens (tertiary/aromatic N) is 2. The topological polar surface area (TPSA) is 28.2 Å². The Morgan fingerprint density at radius 1 is 1.35 bits per heavy atom. The minimum Gasteiger partial charge on any atom is -0.351 e. The summed E-state index contributed by atoms with van der Waals surface area (Å²) < 4.78 is 36.7. The van der Waals surface area contributed by atoms with Crippen LogP contribution in [0.15, 0.2) is 0 Å². The first-order chi connectivity index (χ1) is 9.23. The molecule has 0 saturated carbocycles. The maximum absolute atomic E-state index is 12.2.